The van der Waals surface area contributed by atoms with Gasteiger partial charge in [0.05, 0.1) is 0 Å². The molecule has 4 heteroatoms. The Hall–Kier alpha value is -1.00. The Morgan fingerprint density at radius 2 is 1.69 bits per heavy atom. The molecular weight excluding hydrogens is 236 g/mol. The quantitative estimate of drug-likeness (QED) is 0.775. The molecule has 0 saturated heterocycles. The molecule has 0 spiro atoms. The first kappa shape index (κ1) is 11.5. The second-order valence-corrected chi connectivity index (χ2v) is 4.80. The van der Waals surface area contributed by atoms with Crippen LogP contribution in [0.15, 0.2) is 46.5 Å². The Labute approximate surface area is 104 Å². The summed E-state index contributed by atoms with van der Waals surface area (Å²) < 4.78 is 0. The van der Waals surface area contributed by atoms with Crippen molar-refractivity contribution in [1.82, 2.24) is 10.2 Å². The summed E-state index contributed by atoms with van der Waals surface area (Å²) in [6.07, 6.45) is 4.03. The lowest BCUT2D eigenvalue weighted by atomic mass is 10.1. The zero-order valence-corrected chi connectivity index (χ0v) is 10.8. The predicted molar refractivity (Wildman–Crippen MR) is 71.0 cm³/mol. The molecule has 0 unspecified atom stereocenters. The number of thioether (sulfide) groups is 2. The van der Waals surface area contributed by atoms with E-state index in [-0.39, 0.29) is 0 Å². The number of hydrogen-bond acceptors (Lipinski definition) is 4. The van der Waals surface area contributed by atoms with Gasteiger partial charge in [-0.3, -0.25) is 0 Å². The van der Waals surface area contributed by atoms with Crippen molar-refractivity contribution >= 4 is 23.5 Å². The van der Waals surface area contributed by atoms with Crippen LogP contribution in [0.2, 0.25) is 0 Å². The van der Waals surface area contributed by atoms with E-state index in [0.717, 1.165) is 15.6 Å². The second-order valence-electron chi connectivity index (χ2n) is 3.18. The van der Waals surface area contributed by atoms with Crippen LogP contribution >= 0.6 is 23.5 Å². The molecule has 0 aliphatic rings. The van der Waals surface area contributed by atoms with Crippen LogP contribution < -0.4 is 0 Å². The van der Waals surface area contributed by atoms with E-state index in [4.69, 9.17) is 0 Å². The van der Waals surface area contributed by atoms with Crippen molar-refractivity contribution in [3.05, 3.63) is 36.4 Å². The molecule has 0 fully saturated rings. The highest BCUT2D eigenvalue weighted by Crippen LogP contribution is 2.29. The Bertz CT molecular complexity index is 472. The molecule has 1 aromatic carbocycles. The summed E-state index contributed by atoms with van der Waals surface area (Å²) in [6, 6.07) is 12.4. The van der Waals surface area contributed by atoms with Gasteiger partial charge in [0.2, 0.25) is 0 Å². The van der Waals surface area contributed by atoms with E-state index >= 15 is 0 Å². The average molecular weight is 248 g/mol. The van der Waals surface area contributed by atoms with E-state index in [9.17, 15) is 0 Å². The minimum Gasteiger partial charge on any atom is -0.143 e. The highest BCUT2D eigenvalue weighted by atomic mass is 32.2. The molecule has 1 aromatic heterocycles. The molecule has 0 aliphatic carbocycles. The van der Waals surface area contributed by atoms with Gasteiger partial charge < -0.3 is 0 Å². The molecule has 2 aromatic rings. The van der Waals surface area contributed by atoms with Gasteiger partial charge in [-0.1, -0.05) is 30.3 Å². The topological polar surface area (TPSA) is 25.8 Å². The Balaban J connectivity index is 2.53. The van der Waals surface area contributed by atoms with Crippen LogP contribution in [0.25, 0.3) is 11.1 Å². The van der Waals surface area contributed by atoms with Crippen molar-refractivity contribution in [2.75, 3.05) is 12.5 Å². The van der Waals surface area contributed by atoms with Crippen molar-refractivity contribution in [1.29, 1.82) is 0 Å². The number of aromatic nitrogens is 2. The van der Waals surface area contributed by atoms with E-state index < -0.39 is 0 Å². The van der Waals surface area contributed by atoms with Gasteiger partial charge in [-0.25, -0.2) is 0 Å². The minimum atomic E-state index is 0.955. The molecule has 2 rings (SSSR count). The van der Waals surface area contributed by atoms with Gasteiger partial charge in [-0.15, -0.1) is 33.7 Å². The van der Waals surface area contributed by atoms with E-state index in [2.05, 4.69) is 28.4 Å². The van der Waals surface area contributed by atoms with Gasteiger partial charge in [0.15, 0.2) is 0 Å². The second kappa shape index (κ2) is 5.37. The largest absolute Gasteiger partial charge is 0.143 e. The minimum absolute atomic E-state index is 0.955. The van der Waals surface area contributed by atoms with E-state index in [1.54, 1.807) is 23.5 Å². The molecule has 82 valence electrons. The zero-order valence-electron chi connectivity index (χ0n) is 9.18. The maximum Gasteiger partial charge on any atom is 0.126 e. The van der Waals surface area contributed by atoms with Gasteiger partial charge in [0, 0.05) is 5.56 Å². The molecule has 0 amide bonds. The van der Waals surface area contributed by atoms with Crippen molar-refractivity contribution < 1.29 is 0 Å². The average Bonchev–Trinajstić information content (AvgIpc) is 2.39. The molecule has 0 atom stereocenters. The molecule has 2 nitrogen and oxygen atoms in total. The van der Waals surface area contributed by atoms with Crippen molar-refractivity contribution in [3.63, 3.8) is 0 Å². The lowest BCUT2D eigenvalue weighted by molar-refractivity contribution is 0.861. The third-order valence-electron chi connectivity index (χ3n) is 2.22. The molecule has 1 heterocycles. The van der Waals surface area contributed by atoms with Crippen LogP contribution in [0.4, 0.5) is 0 Å². The van der Waals surface area contributed by atoms with Crippen LogP contribution in [0.5, 0.6) is 0 Å². The Kier molecular flexibility index (Phi) is 3.85. The third kappa shape index (κ3) is 2.39. The fourth-order valence-corrected chi connectivity index (χ4v) is 2.32. The molecule has 0 saturated carbocycles. The molecule has 0 N–H and O–H groups in total. The molecule has 0 bridgehead atoms. The summed E-state index contributed by atoms with van der Waals surface area (Å²) in [5, 5.41) is 10.3. The first-order chi connectivity index (χ1) is 7.85. The lowest BCUT2D eigenvalue weighted by Crippen LogP contribution is -1.91. The lowest BCUT2D eigenvalue weighted by Gasteiger charge is -2.06. The maximum atomic E-state index is 4.24. The summed E-state index contributed by atoms with van der Waals surface area (Å²) in [7, 11) is 0. The van der Waals surface area contributed by atoms with Gasteiger partial charge in [-0.2, -0.15) is 0 Å². The maximum absolute atomic E-state index is 4.24. The Morgan fingerprint density at radius 3 is 2.31 bits per heavy atom. The van der Waals surface area contributed by atoms with Crippen molar-refractivity contribution in [3.8, 4) is 11.1 Å². The summed E-state index contributed by atoms with van der Waals surface area (Å²) in [5.74, 6) is 0. The van der Waals surface area contributed by atoms with Crippen molar-refractivity contribution in [2.24, 2.45) is 0 Å². The standard InChI is InChI=1S/C12H12N2S2/c1-15-11-8-10(12(16-2)14-13-11)9-6-4-3-5-7-9/h3-8H,1-2H3. The molecule has 16 heavy (non-hydrogen) atoms. The number of hydrogen-bond donors (Lipinski definition) is 0. The SMILES string of the molecule is CSc1cc(-c2ccccc2)c(SC)nn1. The molecular formula is C12H12N2S2. The van der Waals surface area contributed by atoms with Crippen LogP contribution in [0, 0.1) is 0 Å². The normalized spacial score (nSPS) is 10.4. The predicted octanol–water partition coefficient (Wildman–Crippen LogP) is 3.59. The zero-order chi connectivity index (χ0) is 11.4. The number of benzene rings is 1. The summed E-state index contributed by atoms with van der Waals surface area (Å²) >= 11 is 3.24. The highest BCUT2D eigenvalue weighted by molar-refractivity contribution is 7.99. The van der Waals surface area contributed by atoms with Gasteiger partial charge in [-0.05, 0) is 24.1 Å². The number of rotatable bonds is 3. The van der Waals surface area contributed by atoms with Crippen LogP contribution in [0.1, 0.15) is 0 Å². The fraction of sp³-hybridized carbons (Fsp3) is 0.167. The summed E-state index contributed by atoms with van der Waals surface area (Å²) in [4.78, 5) is 0. The van der Waals surface area contributed by atoms with E-state index in [1.807, 2.05) is 30.7 Å². The van der Waals surface area contributed by atoms with Gasteiger partial charge in [0.25, 0.3) is 0 Å². The van der Waals surface area contributed by atoms with Crippen LogP contribution in [-0.4, -0.2) is 22.7 Å². The first-order valence-electron chi connectivity index (χ1n) is 4.86. The summed E-state index contributed by atoms with van der Waals surface area (Å²) in [5.41, 5.74) is 2.35. The Morgan fingerprint density at radius 1 is 0.938 bits per heavy atom. The van der Waals surface area contributed by atoms with Crippen molar-refractivity contribution in [2.45, 2.75) is 10.1 Å². The number of nitrogens with zero attached hydrogens (tertiary/aromatic N) is 2. The third-order valence-corrected chi connectivity index (χ3v) is 3.53. The van der Waals surface area contributed by atoms with Gasteiger partial charge >= 0.3 is 0 Å². The van der Waals surface area contributed by atoms with Crippen LogP contribution in [-0.2, 0) is 0 Å². The van der Waals surface area contributed by atoms with Crippen LogP contribution in [0.3, 0.4) is 0 Å². The van der Waals surface area contributed by atoms with E-state index in [1.165, 1.54) is 5.56 Å². The summed E-state index contributed by atoms with van der Waals surface area (Å²) in [6.45, 7) is 0. The van der Waals surface area contributed by atoms with Gasteiger partial charge in [0.1, 0.15) is 10.1 Å². The molecule has 0 radical (unpaired) electrons. The highest BCUT2D eigenvalue weighted by Gasteiger charge is 2.07. The monoisotopic (exact) mass is 248 g/mol. The smallest absolute Gasteiger partial charge is 0.126 e. The van der Waals surface area contributed by atoms with E-state index in [0.29, 0.717) is 0 Å². The first-order valence-corrected chi connectivity index (χ1v) is 7.31. The fourth-order valence-electron chi connectivity index (χ4n) is 1.44. The molecule has 0 aliphatic heterocycles.